The Hall–Kier alpha value is -0.130. The summed E-state index contributed by atoms with van der Waals surface area (Å²) in [5, 5.41) is 3.24. The van der Waals surface area contributed by atoms with Crippen LogP contribution in [0.2, 0.25) is 0 Å². The van der Waals surface area contributed by atoms with Crippen LogP contribution in [0.3, 0.4) is 0 Å². The number of unbranched alkanes of at least 4 members (excludes halogenated alkanes) is 10. The lowest BCUT2D eigenvalue weighted by Gasteiger charge is -2.08. The average molecular weight is 349 g/mol. The number of hydrogen-bond donors (Lipinski definition) is 2. The standard InChI is InChI=1S/C18H40N2O2S/c1-3-5-7-9-11-13-15-19-17-18-23(21,22)20-16-14-12-10-8-6-4-2/h19-20H,3-18H2,1-2H3. The van der Waals surface area contributed by atoms with Gasteiger partial charge in [0.25, 0.3) is 0 Å². The molecule has 0 unspecified atom stereocenters. The van der Waals surface area contributed by atoms with Gasteiger partial charge in [0.2, 0.25) is 10.0 Å². The lowest BCUT2D eigenvalue weighted by atomic mass is 10.1. The minimum Gasteiger partial charge on any atom is -0.316 e. The van der Waals surface area contributed by atoms with Gasteiger partial charge in [-0.15, -0.1) is 0 Å². The molecule has 0 spiro atoms. The highest BCUT2D eigenvalue weighted by Gasteiger charge is 2.08. The third-order valence-electron chi connectivity index (χ3n) is 4.11. The largest absolute Gasteiger partial charge is 0.316 e. The number of rotatable bonds is 18. The van der Waals surface area contributed by atoms with E-state index in [4.69, 9.17) is 0 Å². The maximum Gasteiger partial charge on any atom is 0.212 e. The van der Waals surface area contributed by atoms with Gasteiger partial charge in [-0.2, -0.15) is 0 Å². The smallest absolute Gasteiger partial charge is 0.212 e. The van der Waals surface area contributed by atoms with Crippen LogP contribution in [-0.2, 0) is 10.0 Å². The van der Waals surface area contributed by atoms with Crippen molar-refractivity contribution in [3.63, 3.8) is 0 Å². The first-order chi connectivity index (χ1) is 11.1. The monoisotopic (exact) mass is 348 g/mol. The highest BCUT2D eigenvalue weighted by atomic mass is 32.2. The number of hydrogen-bond acceptors (Lipinski definition) is 3. The molecule has 2 N–H and O–H groups in total. The molecule has 0 saturated heterocycles. The van der Waals surface area contributed by atoms with Crippen molar-refractivity contribution in [1.82, 2.24) is 10.0 Å². The van der Waals surface area contributed by atoms with Gasteiger partial charge in [-0.25, -0.2) is 13.1 Å². The Morgan fingerprint density at radius 3 is 1.65 bits per heavy atom. The third-order valence-corrected chi connectivity index (χ3v) is 5.49. The zero-order valence-corrected chi connectivity index (χ0v) is 16.4. The van der Waals surface area contributed by atoms with Crippen LogP contribution >= 0.6 is 0 Å². The van der Waals surface area contributed by atoms with E-state index in [0.29, 0.717) is 13.1 Å². The van der Waals surface area contributed by atoms with Gasteiger partial charge in [-0.3, -0.25) is 0 Å². The Kier molecular flexibility index (Phi) is 16.6. The van der Waals surface area contributed by atoms with Crippen LogP contribution in [0.15, 0.2) is 0 Å². The minimum atomic E-state index is -3.10. The normalized spacial score (nSPS) is 11.9. The summed E-state index contributed by atoms with van der Waals surface area (Å²) in [6.07, 6.45) is 14.7. The van der Waals surface area contributed by atoms with Gasteiger partial charge < -0.3 is 5.32 Å². The number of nitrogens with one attached hydrogen (secondary N) is 2. The molecular formula is C18H40N2O2S. The van der Waals surface area contributed by atoms with Crippen molar-refractivity contribution in [2.45, 2.75) is 90.9 Å². The van der Waals surface area contributed by atoms with Crippen molar-refractivity contribution in [3.8, 4) is 0 Å². The Balaban J connectivity index is 3.37. The number of sulfonamides is 1. The van der Waals surface area contributed by atoms with E-state index in [1.54, 1.807) is 0 Å². The van der Waals surface area contributed by atoms with E-state index in [9.17, 15) is 8.42 Å². The van der Waals surface area contributed by atoms with E-state index in [2.05, 4.69) is 23.9 Å². The van der Waals surface area contributed by atoms with Gasteiger partial charge >= 0.3 is 0 Å². The second kappa shape index (κ2) is 16.7. The SMILES string of the molecule is CCCCCCCCNCCS(=O)(=O)NCCCCCCCC. The molecule has 0 heterocycles. The maximum absolute atomic E-state index is 11.8. The molecule has 0 saturated carbocycles. The fraction of sp³-hybridized carbons (Fsp3) is 1.00. The van der Waals surface area contributed by atoms with E-state index < -0.39 is 10.0 Å². The molecule has 0 bridgehead atoms. The van der Waals surface area contributed by atoms with Crippen molar-refractivity contribution in [2.75, 3.05) is 25.4 Å². The first kappa shape index (κ1) is 22.9. The van der Waals surface area contributed by atoms with Gasteiger partial charge in [-0.05, 0) is 19.4 Å². The summed E-state index contributed by atoms with van der Waals surface area (Å²) in [6, 6.07) is 0. The molecule has 0 radical (unpaired) electrons. The first-order valence-electron chi connectivity index (χ1n) is 9.80. The Morgan fingerprint density at radius 2 is 1.09 bits per heavy atom. The van der Waals surface area contributed by atoms with Crippen molar-refractivity contribution in [1.29, 1.82) is 0 Å². The fourth-order valence-corrected chi connectivity index (χ4v) is 3.58. The van der Waals surface area contributed by atoms with Crippen LogP contribution < -0.4 is 10.0 Å². The maximum atomic E-state index is 11.8. The van der Waals surface area contributed by atoms with E-state index in [0.717, 1.165) is 25.8 Å². The molecule has 0 rings (SSSR count). The molecule has 23 heavy (non-hydrogen) atoms. The van der Waals surface area contributed by atoms with E-state index in [1.165, 1.54) is 57.8 Å². The highest BCUT2D eigenvalue weighted by Crippen LogP contribution is 2.05. The Morgan fingerprint density at radius 1 is 0.609 bits per heavy atom. The molecule has 0 aliphatic heterocycles. The second-order valence-corrected chi connectivity index (χ2v) is 8.43. The van der Waals surface area contributed by atoms with Crippen molar-refractivity contribution >= 4 is 10.0 Å². The molecular weight excluding hydrogens is 308 g/mol. The van der Waals surface area contributed by atoms with Gasteiger partial charge in [0.05, 0.1) is 5.75 Å². The molecule has 0 fully saturated rings. The molecule has 4 nitrogen and oxygen atoms in total. The van der Waals surface area contributed by atoms with E-state index in [-0.39, 0.29) is 5.75 Å². The zero-order valence-electron chi connectivity index (χ0n) is 15.5. The predicted octanol–water partition coefficient (Wildman–Crippen LogP) is 4.22. The third kappa shape index (κ3) is 18.1. The van der Waals surface area contributed by atoms with Crippen LogP contribution in [0.25, 0.3) is 0 Å². The molecule has 0 amide bonds. The van der Waals surface area contributed by atoms with Gasteiger partial charge in [0.1, 0.15) is 0 Å². The van der Waals surface area contributed by atoms with Crippen molar-refractivity contribution in [2.24, 2.45) is 0 Å². The summed E-state index contributed by atoms with van der Waals surface area (Å²) in [5.74, 6) is 0.193. The van der Waals surface area contributed by atoms with Gasteiger partial charge in [-0.1, -0.05) is 78.1 Å². The highest BCUT2D eigenvalue weighted by molar-refractivity contribution is 7.89. The molecule has 0 aliphatic carbocycles. The van der Waals surface area contributed by atoms with Crippen molar-refractivity contribution < 1.29 is 8.42 Å². The summed E-state index contributed by atoms with van der Waals surface area (Å²) in [7, 11) is -3.10. The van der Waals surface area contributed by atoms with Gasteiger partial charge in [0.15, 0.2) is 0 Å². The molecule has 0 aliphatic rings. The lowest BCUT2D eigenvalue weighted by Crippen LogP contribution is -2.32. The average Bonchev–Trinajstić information content (AvgIpc) is 2.52. The Labute approximate surface area is 145 Å². The molecule has 0 aromatic rings. The van der Waals surface area contributed by atoms with Crippen LogP contribution in [0.5, 0.6) is 0 Å². The fourth-order valence-electron chi connectivity index (χ4n) is 2.57. The molecule has 140 valence electrons. The molecule has 0 aromatic carbocycles. The second-order valence-electron chi connectivity index (χ2n) is 6.50. The van der Waals surface area contributed by atoms with Crippen LogP contribution in [-0.4, -0.2) is 33.8 Å². The molecule has 5 heteroatoms. The lowest BCUT2D eigenvalue weighted by molar-refractivity contribution is 0.558. The van der Waals surface area contributed by atoms with E-state index in [1.807, 2.05) is 0 Å². The van der Waals surface area contributed by atoms with Crippen molar-refractivity contribution in [3.05, 3.63) is 0 Å². The quantitative estimate of drug-likeness (QED) is 0.365. The molecule has 0 atom stereocenters. The summed E-state index contributed by atoms with van der Waals surface area (Å²) < 4.78 is 26.4. The first-order valence-corrected chi connectivity index (χ1v) is 11.5. The zero-order chi connectivity index (χ0) is 17.2. The van der Waals surface area contributed by atoms with Gasteiger partial charge in [0, 0.05) is 13.1 Å². The van der Waals surface area contributed by atoms with Crippen LogP contribution in [0, 0.1) is 0 Å². The molecule has 0 aromatic heterocycles. The van der Waals surface area contributed by atoms with E-state index >= 15 is 0 Å². The van der Waals surface area contributed by atoms with Crippen LogP contribution in [0.1, 0.15) is 90.9 Å². The summed E-state index contributed by atoms with van der Waals surface area (Å²) in [5.41, 5.74) is 0. The Bertz CT molecular complexity index is 332. The van der Waals surface area contributed by atoms with Crippen LogP contribution in [0.4, 0.5) is 0 Å². The summed E-state index contributed by atoms with van der Waals surface area (Å²) in [4.78, 5) is 0. The predicted molar refractivity (Wildman–Crippen MR) is 101 cm³/mol. The topological polar surface area (TPSA) is 58.2 Å². The summed E-state index contributed by atoms with van der Waals surface area (Å²) in [6.45, 7) is 6.50. The minimum absolute atomic E-state index is 0.193. The summed E-state index contributed by atoms with van der Waals surface area (Å²) >= 11 is 0.